The Morgan fingerprint density at radius 2 is 2.06 bits per heavy atom. The molecular formula is C13H12N4O. The number of para-hydroxylation sites is 1. The van der Waals surface area contributed by atoms with Crippen LogP contribution in [-0.2, 0) is 0 Å². The third kappa shape index (κ3) is 2.09. The van der Waals surface area contributed by atoms with Crippen molar-refractivity contribution in [3.8, 4) is 11.8 Å². The average molecular weight is 240 g/mol. The molecule has 0 unspecified atom stereocenters. The minimum absolute atomic E-state index is 0.164. The van der Waals surface area contributed by atoms with Gasteiger partial charge in [-0.3, -0.25) is 4.79 Å². The Balaban J connectivity index is 2.42. The third-order valence-electron chi connectivity index (χ3n) is 2.49. The molecule has 0 saturated carbocycles. The monoisotopic (exact) mass is 240 g/mol. The van der Waals surface area contributed by atoms with E-state index < -0.39 is 0 Å². The second-order valence-electron chi connectivity index (χ2n) is 3.97. The first kappa shape index (κ1) is 11.9. The van der Waals surface area contributed by atoms with E-state index in [-0.39, 0.29) is 5.91 Å². The van der Waals surface area contributed by atoms with E-state index in [9.17, 15) is 4.79 Å². The minimum atomic E-state index is -0.164. The fraction of sp³-hybridized carbons (Fsp3) is 0.154. The lowest BCUT2D eigenvalue weighted by Gasteiger charge is -2.07. The smallest absolute Gasteiger partial charge is 0.273 e. The molecule has 0 aliphatic rings. The molecule has 0 radical (unpaired) electrons. The summed E-state index contributed by atoms with van der Waals surface area (Å²) in [5.41, 5.74) is 1.54. The number of aromatic nitrogens is 2. The maximum Gasteiger partial charge on any atom is 0.273 e. The molecule has 90 valence electrons. The number of hydrogen-bond acceptors (Lipinski definition) is 3. The van der Waals surface area contributed by atoms with Crippen LogP contribution >= 0.6 is 0 Å². The lowest BCUT2D eigenvalue weighted by Crippen LogP contribution is -2.22. The van der Waals surface area contributed by atoms with Gasteiger partial charge in [0.2, 0.25) is 0 Å². The summed E-state index contributed by atoms with van der Waals surface area (Å²) < 4.78 is 1.54. The lowest BCUT2D eigenvalue weighted by atomic mass is 10.2. The van der Waals surface area contributed by atoms with Gasteiger partial charge in [0, 0.05) is 20.3 Å². The summed E-state index contributed by atoms with van der Waals surface area (Å²) in [7, 11) is 3.34. The number of carbonyl (C=O) groups is 1. The van der Waals surface area contributed by atoms with Crippen LogP contribution in [0.25, 0.3) is 5.69 Å². The number of nitrogens with zero attached hydrogens (tertiary/aromatic N) is 4. The number of hydrogen-bond donors (Lipinski definition) is 0. The molecule has 5 heteroatoms. The van der Waals surface area contributed by atoms with Crippen LogP contribution in [0.5, 0.6) is 0 Å². The van der Waals surface area contributed by atoms with Crippen molar-refractivity contribution in [1.82, 2.24) is 14.7 Å². The van der Waals surface area contributed by atoms with Gasteiger partial charge in [0.25, 0.3) is 5.91 Å². The number of nitriles is 1. The van der Waals surface area contributed by atoms with Crippen LogP contribution in [0.15, 0.2) is 36.5 Å². The van der Waals surface area contributed by atoms with Crippen LogP contribution in [-0.4, -0.2) is 34.7 Å². The van der Waals surface area contributed by atoms with E-state index in [1.165, 1.54) is 9.58 Å². The molecule has 0 aliphatic heterocycles. The molecule has 0 bridgehead atoms. The minimum Gasteiger partial charge on any atom is -0.343 e. The maximum absolute atomic E-state index is 11.7. The van der Waals surface area contributed by atoms with E-state index in [1.54, 1.807) is 44.6 Å². The van der Waals surface area contributed by atoms with Crippen LogP contribution in [0.2, 0.25) is 0 Å². The Morgan fingerprint density at radius 1 is 1.33 bits per heavy atom. The fourth-order valence-electron chi connectivity index (χ4n) is 1.57. The van der Waals surface area contributed by atoms with Crippen LogP contribution in [0.4, 0.5) is 0 Å². The first-order valence-electron chi connectivity index (χ1n) is 5.40. The predicted octanol–water partition coefficient (Wildman–Crippen LogP) is 1.45. The van der Waals surface area contributed by atoms with Gasteiger partial charge in [-0.2, -0.15) is 10.4 Å². The highest BCUT2D eigenvalue weighted by Gasteiger charge is 2.12. The van der Waals surface area contributed by atoms with Gasteiger partial charge in [0.1, 0.15) is 6.07 Å². The van der Waals surface area contributed by atoms with Crippen molar-refractivity contribution in [2.45, 2.75) is 0 Å². The summed E-state index contributed by atoms with van der Waals surface area (Å²) in [6, 6.07) is 10.8. The summed E-state index contributed by atoms with van der Waals surface area (Å²) in [6.07, 6.45) is 1.67. The Morgan fingerprint density at radius 3 is 2.72 bits per heavy atom. The number of carbonyl (C=O) groups excluding carboxylic acids is 1. The van der Waals surface area contributed by atoms with Crippen molar-refractivity contribution >= 4 is 5.91 Å². The predicted molar refractivity (Wildman–Crippen MR) is 66.3 cm³/mol. The van der Waals surface area contributed by atoms with Crippen LogP contribution in [0.3, 0.4) is 0 Å². The van der Waals surface area contributed by atoms with Crippen molar-refractivity contribution in [3.05, 3.63) is 47.8 Å². The van der Waals surface area contributed by atoms with E-state index in [0.717, 1.165) is 0 Å². The SMILES string of the molecule is CN(C)C(=O)c1ccn(-c2ccccc2C#N)n1. The fourth-order valence-corrected chi connectivity index (χ4v) is 1.57. The maximum atomic E-state index is 11.7. The van der Waals surface area contributed by atoms with Gasteiger partial charge in [-0.25, -0.2) is 4.68 Å². The topological polar surface area (TPSA) is 61.9 Å². The molecule has 0 spiro atoms. The van der Waals surface area contributed by atoms with E-state index in [2.05, 4.69) is 11.2 Å². The van der Waals surface area contributed by atoms with Gasteiger partial charge in [0.05, 0.1) is 11.3 Å². The molecular weight excluding hydrogens is 228 g/mol. The molecule has 1 aromatic heterocycles. The van der Waals surface area contributed by atoms with Gasteiger partial charge < -0.3 is 4.90 Å². The molecule has 0 N–H and O–H groups in total. The average Bonchev–Trinajstić information content (AvgIpc) is 2.87. The molecule has 0 atom stereocenters. The summed E-state index contributed by atoms with van der Waals surface area (Å²) in [5, 5.41) is 13.2. The Bertz CT molecular complexity index is 622. The Hall–Kier alpha value is -2.61. The van der Waals surface area contributed by atoms with Crippen molar-refractivity contribution in [2.24, 2.45) is 0 Å². The second kappa shape index (κ2) is 4.72. The van der Waals surface area contributed by atoms with Gasteiger partial charge in [-0.05, 0) is 18.2 Å². The third-order valence-corrected chi connectivity index (χ3v) is 2.49. The standard InChI is InChI=1S/C13H12N4O/c1-16(2)13(18)11-7-8-17(15-11)12-6-4-3-5-10(12)9-14/h3-8H,1-2H3. The lowest BCUT2D eigenvalue weighted by molar-refractivity contribution is 0.0821. The summed E-state index contributed by atoms with van der Waals surface area (Å²) >= 11 is 0. The molecule has 0 saturated heterocycles. The highest BCUT2D eigenvalue weighted by molar-refractivity contribution is 5.91. The van der Waals surface area contributed by atoms with E-state index in [4.69, 9.17) is 5.26 Å². The highest BCUT2D eigenvalue weighted by atomic mass is 16.2. The van der Waals surface area contributed by atoms with Crippen molar-refractivity contribution in [3.63, 3.8) is 0 Å². The van der Waals surface area contributed by atoms with Gasteiger partial charge >= 0.3 is 0 Å². The van der Waals surface area contributed by atoms with Crippen molar-refractivity contribution < 1.29 is 4.79 Å². The molecule has 18 heavy (non-hydrogen) atoms. The van der Waals surface area contributed by atoms with Gasteiger partial charge in [-0.15, -0.1) is 0 Å². The summed E-state index contributed by atoms with van der Waals surface area (Å²) in [5.74, 6) is -0.164. The molecule has 1 amide bonds. The van der Waals surface area contributed by atoms with Crippen LogP contribution < -0.4 is 0 Å². The zero-order valence-corrected chi connectivity index (χ0v) is 10.2. The van der Waals surface area contributed by atoms with E-state index in [1.807, 2.05) is 6.07 Å². The number of amides is 1. The number of rotatable bonds is 2. The van der Waals surface area contributed by atoms with Crippen LogP contribution in [0, 0.1) is 11.3 Å². The van der Waals surface area contributed by atoms with Crippen molar-refractivity contribution in [2.75, 3.05) is 14.1 Å². The molecule has 5 nitrogen and oxygen atoms in total. The van der Waals surface area contributed by atoms with E-state index in [0.29, 0.717) is 16.9 Å². The van der Waals surface area contributed by atoms with Crippen molar-refractivity contribution in [1.29, 1.82) is 5.26 Å². The highest BCUT2D eigenvalue weighted by Crippen LogP contribution is 2.13. The van der Waals surface area contributed by atoms with E-state index >= 15 is 0 Å². The largest absolute Gasteiger partial charge is 0.343 e. The molecule has 2 aromatic rings. The normalized spacial score (nSPS) is 9.83. The molecule has 1 aromatic carbocycles. The first-order valence-corrected chi connectivity index (χ1v) is 5.40. The Kier molecular flexibility index (Phi) is 3.11. The number of benzene rings is 1. The zero-order chi connectivity index (χ0) is 13.1. The van der Waals surface area contributed by atoms with Gasteiger partial charge in [0.15, 0.2) is 5.69 Å². The molecule has 0 aliphatic carbocycles. The first-order chi connectivity index (χ1) is 8.63. The quantitative estimate of drug-likeness (QED) is 0.798. The molecule has 2 rings (SSSR count). The summed E-state index contributed by atoms with van der Waals surface area (Å²) in [6.45, 7) is 0. The summed E-state index contributed by atoms with van der Waals surface area (Å²) in [4.78, 5) is 13.2. The zero-order valence-electron chi connectivity index (χ0n) is 10.2. The van der Waals surface area contributed by atoms with Crippen LogP contribution in [0.1, 0.15) is 16.1 Å². The molecule has 0 fully saturated rings. The second-order valence-corrected chi connectivity index (χ2v) is 3.97. The molecule has 1 heterocycles. The van der Waals surface area contributed by atoms with Gasteiger partial charge in [-0.1, -0.05) is 12.1 Å². The Labute approximate surface area is 105 Å².